The Kier molecular flexibility index (Phi) is 2.80. The summed E-state index contributed by atoms with van der Waals surface area (Å²) in [6, 6.07) is 0. The van der Waals surface area contributed by atoms with Crippen molar-refractivity contribution in [2.45, 2.75) is 8.42 Å². The van der Waals surface area contributed by atoms with Crippen molar-refractivity contribution in [2.75, 3.05) is 0 Å². The lowest BCUT2D eigenvalue weighted by molar-refractivity contribution is 1.56. The third-order valence-electron chi connectivity index (χ3n) is 1.46. The minimum Gasteiger partial charge on any atom is -0.265 e. The van der Waals surface area contributed by atoms with Gasteiger partial charge in [0.2, 0.25) is 0 Å². The Balaban J connectivity index is 1.95. The maximum absolute atomic E-state index is 11.1. The number of thioether (sulfide) groups is 4. The van der Waals surface area contributed by atoms with Crippen LogP contribution in [0.1, 0.15) is 0 Å². The molecule has 0 N–H and O–H groups in total. The van der Waals surface area contributed by atoms with Crippen molar-refractivity contribution < 1.29 is 0 Å². The highest BCUT2D eigenvalue weighted by atomic mass is 32.2. The largest absolute Gasteiger partial charge is 0.289 e. The number of fused-ring (bicyclic) bond motifs is 1. The molecule has 3 rings (SSSR count). The maximum atomic E-state index is 11.1. The topological polar surface area (TPSA) is 17.1 Å². The average molecular weight is 294 g/mol. The molecule has 0 bridgehead atoms. The number of rotatable bonds is 0. The van der Waals surface area contributed by atoms with E-state index < -0.39 is 0 Å². The van der Waals surface area contributed by atoms with Gasteiger partial charge in [0.25, 0.3) is 4.06 Å². The molecule has 7 heteroatoms. The van der Waals surface area contributed by atoms with Crippen LogP contribution in [-0.2, 0) is 0 Å². The molecular weight excluding hydrogens is 292 g/mol. The summed E-state index contributed by atoms with van der Waals surface area (Å²) in [7, 11) is 0. The molecule has 0 aromatic carbocycles. The normalized spacial score (nSPS) is 19.4. The van der Waals surface area contributed by atoms with Gasteiger partial charge >= 0.3 is 0 Å². The molecule has 72 valence electrons. The Bertz CT molecular complexity index is 454. The smallest absolute Gasteiger partial charge is 0.265 e. The summed E-state index contributed by atoms with van der Waals surface area (Å²) in [5.41, 5.74) is 0. The molecule has 2 aliphatic heterocycles. The van der Waals surface area contributed by atoms with Crippen LogP contribution in [0.5, 0.6) is 0 Å². The van der Waals surface area contributed by atoms with Crippen LogP contribution in [0.25, 0.3) is 0 Å². The zero-order chi connectivity index (χ0) is 9.54. The summed E-state index contributed by atoms with van der Waals surface area (Å²) < 4.78 is 5.26. The first-order valence-electron chi connectivity index (χ1n) is 3.55. The van der Waals surface area contributed by atoms with E-state index in [0.29, 0.717) is 0 Å². The van der Waals surface area contributed by atoms with E-state index in [2.05, 4.69) is 10.8 Å². The van der Waals surface area contributed by atoms with Crippen molar-refractivity contribution in [3.63, 3.8) is 0 Å². The molecule has 1 aromatic rings. The lowest BCUT2D eigenvalue weighted by Crippen LogP contribution is -1.75. The number of hydrogen-bond donors (Lipinski definition) is 0. The highest BCUT2D eigenvalue weighted by Gasteiger charge is 2.25. The van der Waals surface area contributed by atoms with Gasteiger partial charge < -0.3 is 0 Å². The second kappa shape index (κ2) is 3.95. The average Bonchev–Trinajstić information content (AvgIpc) is 2.74. The van der Waals surface area contributed by atoms with E-state index in [1.807, 2.05) is 0 Å². The van der Waals surface area contributed by atoms with Crippen LogP contribution in [0.4, 0.5) is 0 Å². The first-order chi connectivity index (χ1) is 6.83. The summed E-state index contributed by atoms with van der Waals surface area (Å²) >= 11 is 9.77. The van der Waals surface area contributed by atoms with Gasteiger partial charge in [-0.3, -0.25) is 4.79 Å². The van der Waals surface area contributed by atoms with Crippen molar-refractivity contribution in [1.82, 2.24) is 0 Å². The van der Waals surface area contributed by atoms with E-state index in [9.17, 15) is 4.79 Å². The molecule has 0 atom stereocenters. The van der Waals surface area contributed by atoms with E-state index in [1.165, 1.54) is 39.6 Å². The lowest BCUT2D eigenvalue weighted by atomic mass is 11.1. The fourth-order valence-corrected chi connectivity index (χ4v) is 8.87. The molecule has 0 spiro atoms. The van der Waals surface area contributed by atoms with Gasteiger partial charge in [0, 0.05) is 0 Å². The van der Waals surface area contributed by atoms with Gasteiger partial charge in [0.15, 0.2) is 0 Å². The standard InChI is InChI=1S/C7H2OS6/c8-7-13-5-6(14-7)12-4(11-5)3-9-1-2-10-3/h1-2H. The van der Waals surface area contributed by atoms with Crippen LogP contribution in [-0.4, -0.2) is 0 Å². The maximum Gasteiger partial charge on any atom is 0.289 e. The van der Waals surface area contributed by atoms with Gasteiger partial charge in [-0.15, -0.1) is 0 Å². The van der Waals surface area contributed by atoms with Crippen molar-refractivity contribution >= 4 is 69.7 Å². The quantitative estimate of drug-likeness (QED) is 0.701. The molecule has 0 fully saturated rings. The Labute approximate surface area is 105 Å². The monoisotopic (exact) mass is 294 g/mol. The number of hydrogen-bond acceptors (Lipinski definition) is 7. The van der Waals surface area contributed by atoms with Crippen LogP contribution < -0.4 is 4.06 Å². The molecule has 14 heavy (non-hydrogen) atoms. The summed E-state index contributed by atoms with van der Waals surface area (Å²) in [5.74, 6) is 0. The van der Waals surface area contributed by atoms with Gasteiger partial charge in [0.1, 0.15) is 0 Å². The van der Waals surface area contributed by atoms with Crippen LogP contribution in [0.15, 0.2) is 32.5 Å². The minimum atomic E-state index is 0.212. The van der Waals surface area contributed by atoms with Gasteiger partial charge in [-0.25, -0.2) is 0 Å². The van der Waals surface area contributed by atoms with Crippen molar-refractivity contribution in [1.29, 1.82) is 0 Å². The van der Waals surface area contributed by atoms with Gasteiger partial charge in [-0.2, -0.15) is 0 Å². The molecule has 0 saturated carbocycles. The fourth-order valence-electron chi connectivity index (χ4n) is 0.956. The zero-order valence-electron chi connectivity index (χ0n) is 6.51. The predicted octanol–water partition coefficient (Wildman–Crippen LogP) is 4.45. The minimum absolute atomic E-state index is 0.212. The SMILES string of the molecule is O=c1sc2c(s1)SC(=C1SC=CS1)S2. The Morgan fingerprint density at radius 2 is 1.43 bits per heavy atom. The molecule has 1 nitrogen and oxygen atoms in total. The molecule has 2 aliphatic rings. The van der Waals surface area contributed by atoms with Gasteiger partial charge in [0.05, 0.1) is 16.9 Å². The van der Waals surface area contributed by atoms with E-state index >= 15 is 0 Å². The molecule has 0 saturated heterocycles. The van der Waals surface area contributed by atoms with Gasteiger partial charge in [-0.05, 0) is 10.8 Å². The second-order valence-corrected chi connectivity index (χ2v) is 9.45. The van der Waals surface area contributed by atoms with Crippen LogP contribution in [0.2, 0.25) is 0 Å². The second-order valence-electron chi connectivity index (χ2n) is 2.32. The van der Waals surface area contributed by atoms with Crippen molar-refractivity contribution in [3.8, 4) is 0 Å². The van der Waals surface area contributed by atoms with Crippen molar-refractivity contribution in [3.05, 3.63) is 28.1 Å². The summed E-state index contributed by atoms with van der Waals surface area (Å²) in [4.78, 5) is 11.1. The Morgan fingerprint density at radius 3 is 2.00 bits per heavy atom. The molecule has 0 amide bonds. The highest BCUT2D eigenvalue weighted by Crippen LogP contribution is 2.59. The first-order valence-corrected chi connectivity index (χ1v) is 8.58. The lowest BCUT2D eigenvalue weighted by Gasteiger charge is -1.97. The summed E-state index contributed by atoms with van der Waals surface area (Å²) in [6.45, 7) is 0. The first kappa shape index (κ1) is 9.92. The highest BCUT2D eigenvalue weighted by molar-refractivity contribution is 8.32. The summed E-state index contributed by atoms with van der Waals surface area (Å²) in [5, 5.41) is 4.20. The zero-order valence-corrected chi connectivity index (χ0v) is 11.4. The molecule has 3 heterocycles. The molecular formula is C7H2OS6. The fraction of sp³-hybridized carbons (Fsp3) is 0. The van der Waals surface area contributed by atoms with Crippen LogP contribution >= 0.6 is 69.7 Å². The third kappa shape index (κ3) is 1.74. The van der Waals surface area contributed by atoms with E-state index in [1.54, 1.807) is 47.0 Å². The molecule has 0 aliphatic carbocycles. The van der Waals surface area contributed by atoms with Gasteiger partial charge in [-0.1, -0.05) is 69.7 Å². The van der Waals surface area contributed by atoms with Crippen LogP contribution in [0, 0.1) is 0 Å². The summed E-state index contributed by atoms with van der Waals surface area (Å²) in [6.07, 6.45) is 0. The Hall–Kier alpha value is 0.730. The molecule has 0 radical (unpaired) electrons. The van der Waals surface area contributed by atoms with Crippen LogP contribution in [0.3, 0.4) is 0 Å². The van der Waals surface area contributed by atoms with E-state index in [4.69, 9.17) is 0 Å². The Morgan fingerprint density at radius 1 is 0.857 bits per heavy atom. The van der Waals surface area contributed by atoms with E-state index in [-0.39, 0.29) is 4.06 Å². The van der Waals surface area contributed by atoms with E-state index in [0.717, 1.165) is 0 Å². The predicted molar refractivity (Wildman–Crippen MR) is 71.5 cm³/mol. The van der Waals surface area contributed by atoms with Crippen molar-refractivity contribution in [2.24, 2.45) is 0 Å². The molecule has 0 unspecified atom stereocenters. The molecule has 1 aromatic heterocycles. The third-order valence-corrected chi connectivity index (χ3v) is 9.30.